The minimum Gasteiger partial charge on any atom is -0.313 e. The van der Waals surface area contributed by atoms with Gasteiger partial charge in [0.15, 0.2) is 0 Å². The molecule has 1 unspecified atom stereocenters. The summed E-state index contributed by atoms with van der Waals surface area (Å²) in [4.78, 5) is 6.57. The van der Waals surface area contributed by atoms with Crippen molar-refractivity contribution in [3.05, 3.63) is 71.1 Å². The standard InChI is InChI=1S/C15H13FN2S/c1-11-10-19-15(12-5-7-13(16)8-6-12)18(11)14-4-2-3-9-17-14/h2-10,15H,1H3. The molecule has 4 heteroatoms. The van der Waals surface area contributed by atoms with Gasteiger partial charge in [0, 0.05) is 11.9 Å². The maximum atomic E-state index is 13.0. The van der Waals surface area contributed by atoms with Gasteiger partial charge in [0.1, 0.15) is 17.0 Å². The number of hydrogen-bond acceptors (Lipinski definition) is 3. The van der Waals surface area contributed by atoms with E-state index in [0.29, 0.717) is 0 Å². The molecular weight excluding hydrogens is 259 g/mol. The van der Waals surface area contributed by atoms with Crippen molar-refractivity contribution in [3.8, 4) is 0 Å². The number of rotatable bonds is 2. The first-order chi connectivity index (χ1) is 9.25. The predicted octanol–water partition coefficient (Wildman–Crippen LogP) is 4.33. The molecule has 0 amide bonds. The first-order valence-corrected chi connectivity index (χ1v) is 6.98. The lowest BCUT2D eigenvalue weighted by Crippen LogP contribution is -2.21. The molecule has 0 radical (unpaired) electrons. The van der Waals surface area contributed by atoms with Crippen LogP contribution in [0.2, 0.25) is 0 Å². The number of allylic oxidation sites excluding steroid dienone is 1. The molecule has 0 N–H and O–H groups in total. The molecule has 1 aliphatic heterocycles. The zero-order chi connectivity index (χ0) is 13.2. The molecule has 3 rings (SSSR count). The Balaban J connectivity index is 1.96. The molecular formula is C15H13FN2S. The van der Waals surface area contributed by atoms with Gasteiger partial charge < -0.3 is 4.90 Å². The summed E-state index contributed by atoms with van der Waals surface area (Å²) < 4.78 is 13.0. The lowest BCUT2D eigenvalue weighted by Gasteiger charge is -2.27. The zero-order valence-electron chi connectivity index (χ0n) is 10.5. The van der Waals surface area contributed by atoms with Crippen LogP contribution in [0.1, 0.15) is 17.9 Å². The topological polar surface area (TPSA) is 16.1 Å². The molecule has 0 bridgehead atoms. The first kappa shape index (κ1) is 12.2. The summed E-state index contributed by atoms with van der Waals surface area (Å²) in [6.07, 6.45) is 1.79. The van der Waals surface area contributed by atoms with E-state index in [2.05, 4.69) is 22.2 Å². The molecule has 2 heterocycles. The molecule has 0 saturated heterocycles. The van der Waals surface area contributed by atoms with E-state index in [1.54, 1.807) is 18.0 Å². The third-order valence-electron chi connectivity index (χ3n) is 3.03. The van der Waals surface area contributed by atoms with Crippen molar-refractivity contribution in [2.75, 3.05) is 4.90 Å². The van der Waals surface area contributed by atoms with Crippen molar-refractivity contribution in [1.29, 1.82) is 0 Å². The summed E-state index contributed by atoms with van der Waals surface area (Å²) in [6.45, 7) is 2.06. The molecule has 0 spiro atoms. The van der Waals surface area contributed by atoms with Crippen molar-refractivity contribution in [2.45, 2.75) is 12.3 Å². The Labute approximate surface area is 116 Å². The fourth-order valence-corrected chi connectivity index (χ4v) is 3.27. The summed E-state index contributed by atoms with van der Waals surface area (Å²) >= 11 is 1.71. The zero-order valence-corrected chi connectivity index (χ0v) is 11.3. The number of benzene rings is 1. The SMILES string of the molecule is CC1=CSC(c2ccc(F)cc2)N1c1ccccn1. The van der Waals surface area contributed by atoms with Gasteiger partial charge in [0.05, 0.1) is 0 Å². The second-order valence-corrected chi connectivity index (χ2v) is 5.31. The molecule has 19 heavy (non-hydrogen) atoms. The average molecular weight is 272 g/mol. The minimum absolute atomic E-state index is 0.121. The number of nitrogens with zero attached hydrogens (tertiary/aromatic N) is 2. The molecule has 1 atom stereocenters. The van der Waals surface area contributed by atoms with Crippen LogP contribution >= 0.6 is 11.8 Å². The van der Waals surface area contributed by atoms with Gasteiger partial charge in [-0.2, -0.15) is 0 Å². The Morgan fingerprint density at radius 3 is 2.63 bits per heavy atom. The van der Waals surface area contributed by atoms with E-state index in [1.807, 2.05) is 30.3 Å². The van der Waals surface area contributed by atoms with Crippen LogP contribution in [0.4, 0.5) is 10.2 Å². The quantitative estimate of drug-likeness (QED) is 0.809. The van der Waals surface area contributed by atoms with Crippen molar-refractivity contribution >= 4 is 17.6 Å². The third-order valence-corrected chi connectivity index (χ3v) is 4.25. The maximum absolute atomic E-state index is 13.0. The van der Waals surface area contributed by atoms with E-state index in [9.17, 15) is 4.39 Å². The van der Waals surface area contributed by atoms with Crippen LogP contribution in [0.3, 0.4) is 0 Å². The summed E-state index contributed by atoms with van der Waals surface area (Å²) in [7, 11) is 0. The fraction of sp³-hybridized carbons (Fsp3) is 0.133. The minimum atomic E-state index is -0.208. The summed E-state index contributed by atoms with van der Waals surface area (Å²) in [5, 5.41) is 2.23. The van der Waals surface area contributed by atoms with Crippen LogP contribution in [0.5, 0.6) is 0 Å². The second-order valence-electron chi connectivity index (χ2n) is 4.36. The highest BCUT2D eigenvalue weighted by molar-refractivity contribution is 8.02. The Morgan fingerprint density at radius 2 is 1.95 bits per heavy atom. The lowest BCUT2D eigenvalue weighted by atomic mass is 10.2. The molecule has 1 aliphatic rings. The van der Waals surface area contributed by atoms with E-state index < -0.39 is 0 Å². The normalized spacial score (nSPS) is 18.5. The molecule has 0 saturated carbocycles. The number of anilines is 1. The number of thioether (sulfide) groups is 1. The molecule has 2 aromatic rings. The summed E-state index contributed by atoms with van der Waals surface area (Å²) in [6, 6.07) is 12.5. The van der Waals surface area contributed by atoms with Crippen LogP contribution in [0.15, 0.2) is 59.8 Å². The third kappa shape index (κ3) is 2.36. The smallest absolute Gasteiger partial charge is 0.133 e. The highest BCUT2D eigenvalue weighted by atomic mass is 32.2. The summed E-state index contributed by atoms with van der Waals surface area (Å²) in [5.41, 5.74) is 2.23. The van der Waals surface area contributed by atoms with Gasteiger partial charge in [0.25, 0.3) is 0 Å². The largest absolute Gasteiger partial charge is 0.313 e. The highest BCUT2D eigenvalue weighted by Gasteiger charge is 2.27. The van der Waals surface area contributed by atoms with Crippen LogP contribution in [-0.2, 0) is 0 Å². The molecule has 1 aromatic carbocycles. The Hall–Kier alpha value is -1.81. The Bertz CT molecular complexity index is 595. The first-order valence-electron chi connectivity index (χ1n) is 6.03. The van der Waals surface area contributed by atoms with Gasteiger partial charge in [0.2, 0.25) is 0 Å². The van der Waals surface area contributed by atoms with Crippen LogP contribution in [0, 0.1) is 5.82 Å². The van der Waals surface area contributed by atoms with Crippen molar-refractivity contribution in [1.82, 2.24) is 4.98 Å². The van der Waals surface area contributed by atoms with Crippen LogP contribution < -0.4 is 4.90 Å². The average Bonchev–Trinajstić information content (AvgIpc) is 2.82. The molecule has 96 valence electrons. The van der Waals surface area contributed by atoms with Gasteiger partial charge in [-0.05, 0) is 42.2 Å². The number of aromatic nitrogens is 1. The Morgan fingerprint density at radius 1 is 1.16 bits per heavy atom. The number of pyridine rings is 1. The highest BCUT2D eigenvalue weighted by Crippen LogP contribution is 2.44. The fourth-order valence-electron chi connectivity index (χ4n) is 2.12. The number of hydrogen-bond donors (Lipinski definition) is 0. The lowest BCUT2D eigenvalue weighted by molar-refractivity contribution is 0.627. The predicted molar refractivity (Wildman–Crippen MR) is 77.2 cm³/mol. The van der Waals surface area contributed by atoms with Crippen molar-refractivity contribution in [2.24, 2.45) is 0 Å². The molecule has 0 aliphatic carbocycles. The van der Waals surface area contributed by atoms with Gasteiger partial charge in [-0.1, -0.05) is 18.2 Å². The van der Waals surface area contributed by atoms with E-state index in [0.717, 1.165) is 17.1 Å². The van der Waals surface area contributed by atoms with Crippen LogP contribution in [-0.4, -0.2) is 4.98 Å². The van der Waals surface area contributed by atoms with Gasteiger partial charge in [-0.3, -0.25) is 0 Å². The molecule has 0 fully saturated rings. The monoisotopic (exact) mass is 272 g/mol. The summed E-state index contributed by atoms with van der Waals surface area (Å²) in [5.74, 6) is 0.705. The molecule has 2 nitrogen and oxygen atoms in total. The van der Waals surface area contributed by atoms with Crippen molar-refractivity contribution in [3.63, 3.8) is 0 Å². The van der Waals surface area contributed by atoms with Crippen LogP contribution in [0.25, 0.3) is 0 Å². The molecule has 1 aromatic heterocycles. The second kappa shape index (κ2) is 5.05. The Kier molecular flexibility index (Phi) is 3.25. The van der Waals surface area contributed by atoms with Crippen molar-refractivity contribution < 1.29 is 4.39 Å². The van der Waals surface area contributed by atoms with Gasteiger partial charge in [-0.25, -0.2) is 9.37 Å². The maximum Gasteiger partial charge on any atom is 0.133 e. The van der Waals surface area contributed by atoms with E-state index in [1.165, 1.54) is 12.1 Å². The van der Waals surface area contributed by atoms with Gasteiger partial charge in [-0.15, -0.1) is 11.8 Å². The number of halogens is 1. The van der Waals surface area contributed by atoms with E-state index in [-0.39, 0.29) is 11.2 Å². The van der Waals surface area contributed by atoms with E-state index >= 15 is 0 Å². The van der Waals surface area contributed by atoms with E-state index in [4.69, 9.17) is 0 Å². The van der Waals surface area contributed by atoms with Gasteiger partial charge >= 0.3 is 0 Å².